The fraction of sp³-hybridized carbons (Fsp3) is 0.444. The minimum absolute atomic E-state index is 0.137. The van der Waals surface area contributed by atoms with Gasteiger partial charge in [0.25, 0.3) is 0 Å². The molecule has 4 rings (SSSR count). The van der Waals surface area contributed by atoms with Gasteiger partial charge in [-0.2, -0.15) is 13.2 Å². The Kier molecular flexibility index (Phi) is 4.59. The molecular weight excluding hydrogens is 379 g/mol. The summed E-state index contributed by atoms with van der Waals surface area (Å²) in [7, 11) is 0. The fourth-order valence-corrected chi connectivity index (χ4v) is 4.33. The summed E-state index contributed by atoms with van der Waals surface area (Å²) in [5, 5.41) is 4.45. The topological polar surface area (TPSA) is 54.5 Å². The largest absolute Gasteiger partial charge is 0.434 e. The molecule has 1 aromatic heterocycles. The molecule has 2 atom stereocenters. The number of alkyl halides is 3. The van der Waals surface area contributed by atoms with Crippen molar-refractivity contribution in [1.82, 2.24) is 10.3 Å². The quantitative estimate of drug-likeness (QED) is 0.623. The molecule has 0 saturated carbocycles. The normalized spacial score (nSPS) is 23.1. The lowest BCUT2D eigenvalue weighted by Crippen LogP contribution is -2.49. The summed E-state index contributed by atoms with van der Waals surface area (Å²) in [6, 6.07) is 6.06. The van der Waals surface area contributed by atoms with Crippen LogP contribution in [0.5, 0.6) is 5.75 Å². The number of halogens is 3. The van der Waals surface area contributed by atoms with Gasteiger partial charge in [0.1, 0.15) is 16.7 Å². The zero-order chi connectivity index (χ0) is 19.2. The Hall–Kier alpha value is -2.13. The smallest absolute Gasteiger partial charge is 0.426 e. The van der Waals surface area contributed by atoms with E-state index in [0.29, 0.717) is 11.8 Å². The van der Waals surface area contributed by atoms with Gasteiger partial charge in [0, 0.05) is 42.8 Å². The molecule has 3 heterocycles. The summed E-state index contributed by atoms with van der Waals surface area (Å²) in [5.41, 5.74) is 0.807. The molecule has 0 spiro atoms. The average molecular weight is 397 g/mol. The summed E-state index contributed by atoms with van der Waals surface area (Å²) in [6.45, 7) is 4.71. The number of rotatable bonds is 2. The maximum Gasteiger partial charge on any atom is 0.434 e. The van der Waals surface area contributed by atoms with Crippen LogP contribution in [0.2, 0.25) is 0 Å². The second-order valence-electron chi connectivity index (χ2n) is 6.84. The van der Waals surface area contributed by atoms with Crippen molar-refractivity contribution in [1.29, 1.82) is 0 Å². The summed E-state index contributed by atoms with van der Waals surface area (Å²) >= 11 is 0.840. The summed E-state index contributed by atoms with van der Waals surface area (Å²) in [5.74, 6) is -0.882. The molecule has 144 valence electrons. The van der Waals surface area contributed by atoms with Crippen LogP contribution in [0.25, 0.3) is 0 Å². The van der Waals surface area contributed by atoms with Gasteiger partial charge in [-0.05, 0) is 25.0 Å². The Balaban J connectivity index is 1.56. The number of thiazole rings is 1. The van der Waals surface area contributed by atoms with E-state index in [-0.39, 0.29) is 11.4 Å². The molecule has 9 heteroatoms. The van der Waals surface area contributed by atoms with Crippen molar-refractivity contribution in [2.24, 2.45) is 0 Å². The zero-order valence-corrected chi connectivity index (χ0v) is 15.4. The highest BCUT2D eigenvalue weighted by molar-refractivity contribution is 7.09. The standard InChI is InChI=1S/C18H18F3N3O2S/c1-10-8-24(5-4-22-10)12-3-2-11-6-13(17(25)26-14(11)7-12)16-23-15(9-27-16)18(19,20)21/h2-3,7,9-10,13,22H,4-6,8H2,1H3/t10-,13?/m0/s1. The number of aromatic nitrogens is 1. The Morgan fingerprint density at radius 1 is 1.37 bits per heavy atom. The molecule has 0 bridgehead atoms. The van der Waals surface area contributed by atoms with Crippen molar-refractivity contribution in [2.45, 2.75) is 31.5 Å². The number of hydrogen-bond acceptors (Lipinski definition) is 6. The molecule has 2 aliphatic heterocycles. The van der Waals surface area contributed by atoms with E-state index < -0.39 is 23.8 Å². The van der Waals surface area contributed by atoms with Crippen LogP contribution >= 0.6 is 11.3 Å². The molecule has 1 N–H and O–H groups in total. The van der Waals surface area contributed by atoms with Crippen molar-refractivity contribution in [2.75, 3.05) is 24.5 Å². The third-order valence-electron chi connectivity index (χ3n) is 4.81. The van der Waals surface area contributed by atoms with E-state index >= 15 is 0 Å². The van der Waals surface area contributed by atoms with Gasteiger partial charge >= 0.3 is 12.1 Å². The molecule has 27 heavy (non-hydrogen) atoms. The predicted molar refractivity (Wildman–Crippen MR) is 95.3 cm³/mol. The van der Waals surface area contributed by atoms with E-state index in [4.69, 9.17) is 4.74 Å². The van der Waals surface area contributed by atoms with Crippen LogP contribution in [0.3, 0.4) is 0 Å². The number of fused-ring (bicyclic) bond motifs is 1. The number of carbonyl (C=O) groups excluding carboxylic acids is 1. The molecule has 1 saturated heterocycles. The van der Waals surface area contributed by atoms with E-state index in [1.807, 2.05) is 18.2 Å². The molecule has 2 aliphatic rings. The zero-order valence-electron chi connectivity index (χ0n) is 14.5. The number of hydrogen-bond donors (Lipinski definition) is 1. The first-order valence-corrected chi connectivity index (χ1v) is 9.55. The van der Waals surface area contributed by atoms with E-state index in [0.717, 1.165) is 47.6 Å². The van der Waals surface area contributed by atoms with Crippen LogP contribution in [-0.2, 0) is 17.4 Å². The molecule has 2 aromatic rings. The Morgan fingerprint density at radius 2 is 2.19 bits per heavy atom. The van der Waals surface area contributed by atoms with E-state index in [2.05, 4.69) is 22.1 Å². The minimum Gasteiger partial charge on any atom is -0.426 e. The van der Waals surface area contributed by atoms with Gasteiger partial charge in [-0.3, -0.25) is 4.79 Å². The minimum atomic E-state index is -4.51. The molecule has 5 nitrogen and oxygen atoms in total. The van der Waals surface area contributed by atoms with Gasteiger partial charge < -0.3 is 15.0 Å². The number of nitrogens with zero attached hydrogens (tertiary/aromatic N) is 2. The van der Waals surface area contributed by atoms with E-state index in [1.54, 1.807) is 0 Å². The molecule has 1 aromatic carbocycles. The van der Waals surface area contributed by atoms with Gasteiger partial charge in [-0.1, -0.05) is 6.07 Å². The fourth-order valence-electron chi connectivity index (χ4n) is 3.42. The Morgan fingerprint density at radius 3 is 2.89 bits per heavy atom. The van der Waals surface area contributed by atoms with Crippen LogP contribution < -0.4 is 15.0 Å². The lowest BCUT2D eigenvalue weighted by atomic mass is 9.96. The third-order valence-corrected chi connectivity index (χ3v) is 5.77. The molecule has 1 unspecified atom stereocenters. The van der Waals surface area contributed by atoms with Gasteiger partial charge in [-0.15, -0.1) is 11.3 Å². The highest BCUT2D eigenvalue weighted by Crippen LogP contribution is 2.38. The lowest BCUT2D eigenvalue weighted by molar-refractivity contribution is -0.141. The molecule has 1 fully saturated rings. The van der Waals surface area contributed by atoms with Crippen molar-refractivity contribution < 1.29 is 22.7 Å². The Labute approximate surface area is 158 Å². The first-order valence-electron chi connectivity index (χ1n) is 8.67. The molecule has 0 radical (unpaired) electrons. The highest BCUT2D eigenvalue weighted by atomic mass is 32.1. The third kappa shape index (κ3) is 3.66. The number of ether oxygens (including phenoxy) is 1. The van der Waals surface area contributed by atoms with Crippen LogP contribution in [0, 0.1) is 0 Å². The number of piperazine rings is 1. The molecule has 0 amide bonds. The number of carbonyl (C=O) groups is 1. The lowest BCUT2D eigenvalue weighted by Gasteiger charge is -2.34. The second kappa shape index (κ2) is 6.79. The summed E-state index contributed by atoms with van der Waals surface area (Å²) < 4.78 is 43.8. The van der Waals surface area contributed by atoms with Gasteiger partial charge in [0.05, 0.1) is 0 Å². The maximum atomic E-state index is 12.8. The first kappa shape index (κ1) is 18.2. The molecule has 0 aliphatic carbocycles. The van der Waals surface area contributed by atoms with Crippen LogP contribution in [0.4, 0.5) is 18.9 Å². The van der Waals surface area contributed by atoms with E-state index in [1.165, 1.54) is 0 Å². The SMILES string of the molecule is C[C@H]1CN(c2ccc3c(c2)OC(=O)C(c2nc(C(F)(F)F)cs2)C3)CCN1. The molecular formula is C18H18F3N3O2S. The van der Waals surface area contributed by atoms with E-state index in [9.17, 15) is 18.0 Å². The van der Waals surface area contributed by atoms with Crippen molar-refractivity contribution >= 4 is 23.0 Å². The monoisotopic (exact) mass is 397 g/mol. The highest BCUT2D eigenvalue weighted by Gasteiger charge is 2.37. The number of anilines is 1. The number of benzene rings is 1. The van der Waals surface area contributed by atoms with Crippen molar-refractivity contribution in [3.05, 3.63) is 39.8 Å². The van der Waals surface area contributed by atoms with Crippen LogP contribution in [0.15, 0.2) is 23.6 Å². The number of nitrogens with one attached hydrogen (secondary N) is 1. The second-order valence-corrected chi connectivity index (χ2v) is 7.73. The number of esters is 1. The van der Waals surface area contributed by atoms with Crippen LogP contribution in [-0.4, -0.2) is 36.6 Å². The Bertz CT molecular complexity index is 868. The van der Waals surface area contributed by atoms with Crippen molar-refractivity contribution in [3.8, 4) is 5.75 Å². The van der Waals surface area contributed by atoms with Gasteiger partial charge in [0.15, 0.2) is 5.69 Å². The predicted octanol–water partition coefficient (Wildman–Crippen LogP) is 3.21. The van der Waals surface area contributed by atoms with Crippen LogP contribution in [0.1, 0.15) is 29.1 Å². The average Bonchev–Trinajstić information content (AvgIpc) is 3.11. The van der Waals surface area contributed by atoms with Gasteiger partial charge in [0.2, 0.25) is 0 Å². The van der Waals surface area contributed by atoms with Gasteiger partial charge in [-0.25, -0.2) is 4.98 Å². The van der Waals surface area contributed by atoms with Crippen molar-refractivity contribution in [3.63, 3.8) is 0 Å². The maximum absolute atomic E-state index is 12.8. The summed E-state index contributed by atoms with van der Waals surface area (Å²) in [4.78, 5) is 18.2. The first-order chi connectivity index (χ1) is 12.8. The summed E-state index contributed by atoms with van der Waals surface area (Å²) in [6.07, 6.45) is -4.22.